The van der Waals surface area contributed by atoms with E-state index in [9.17, 15) is 22.8 Å². The molecule has 2 aromatic carbocycles. The standard InChI is InChI=1S/C30H29F3N4O5/c1-16(34)27-25(29(39)37-14-12-18(13-15-37)26(38)17-4-6-19(40-2)7-5-17)36-28(42-27)21-8-10-22(41-3)24-20(21)9-11-23(35-24)30(31,32)33/h4-11,16,18H,12-15,34H2,1-3H3/t16-/m0/s1. The highest BCUT2D eigenvalue weighted by molar-refractivity contribution is 5.99. The van der Waals surface area contributed by atoms with Gasteiger partial charge in [-0.3, -0.25) is 9.59 Å². The van der Waals surface area contributed by atoms with Gasteiger partial charge in [0.2, 0.25) is 5.89 Å². The van der Waals surface area contributed by atoms with Crippen LogP contribution in [0.2, 0.25) is 0 Å². The number of benzene rings is 2. The zero-order chi connectivity index (χ0) is 30.2. The molecule has 1 atom stereocenters. The SMILES string of the molecule is COc1ccc(C(=O)C2CCN(C(=O)c3nc(-c4ccc(OC)c5nc(C(F)(F)F)ccc45)oc3[C@H](C)N)CC2)cc1. The number of alkyl halides is 3. The van der Waals surface area contributed by atoms with Crippen molar-refractivity contribution in [3.05, 3.63) is 71.2 Å². The second-order valence-electron chi connectivity index (χ2n) is 10.1. The monoisotopic (exact) mass is 582 g/mol. The minimum atomic E-state index is -4.65. The number of fused-ring (bicyclic) bond motifs is 1. The third-order valence-corrected chi connectivity index (χ3v) is 7.36. The lowest BCUT2D eigenvalue weighted by atomic mass is 9.88. The molecule has 1 aliphatic rings. The van der Waals surface area contributed by atoms with Gasteiger partial charge >= 0.3 is 6.18 Å². The first-order valence-electron chi connectivity index (χ1n) is 13.3. The Kier molecular flexibility index (Phi) is 7.91. The maximum absolute atomic E-state index is 13.6. The van der Waals surface area contributed by atoms with Gasteiger partial charge < -0.3 is 24.5 Å². The number of aromatic nitrogens is 2. The van der Waals surface area contributed by atoms with Gasteiger partial charge in [0, 0.05) is 35.5 Å². The van der Waals surface area contributed by atoms with Crippen LogP contribution in [-0.4, -0.2) is 53.9 Å². The van der Waals surface area contributed by atoms with Crippen molar-refractivity contribution >= 4 is 22.6 Å². The first-order chi connectivity index (χ1) is 20.0. The van der Waals surface area contributed by atoms with E-state index in [2.05, 4.69) is 9.97 Å². The molecule has 4 aromatic rings. The van der Waals surface area contributed by atoms with Gasteiger partial charge in [0.05, 0.1) is 20.3 Å². The van der Waals surface area contributed by atoms with E-state index in [0.717, 1.165) is 6.07 Å². The molecule has 1 fully saturated rings. The van der Waals surface area contributed by atoms with Crippen LogP contribution < -0.4 is 15.2 Å². The molecule has 0 radical (unpaired) electrons. The van der Waals surface area contributed by atoms with Crippen LogP contribution in [0.5, 0.6) is 11.5 Å². The van der Waals surface area contributed by atoms with E-state index >= 15 is 0 Å². The Bertz CT molecular complexity index is 1620. The number of methoxy groups -OCH3 is 2. The topological polar surface area (TPSA) is 121 Å². The van der Waals surface area contributed by atoms with E-state index < -0.39 is 23.8 Å². The number of piperidine rings is 1. The molecule has 2 aromatic heterocycles. The first kappa shape index (κ1) is 29.1. The summed E-state index contributed by atoms with van der Waals surface area (Å²) in [5.41, 5.74) is 5.97. The molecule has 220 valence electrons. The minimum absolute atomic E-state index is 0.0124. The maximum atomic E-state index is 13.6. The number of pyridine rings is 1. The molecule has 0 unspecified atom stereocenters. The van der Waals surface area contributed by atoms with Gasteiger partial charge in [0.1, 0.15) is 22.7 Å². The second kappa shape index (κ2) is 11.4. The van der Waals surface area contributed by atoms with Crippen LogP contribution in [0.1, 0.15) is 58.1 Å². The molecular formula is C30H29F3N4O5. The number of hydrogen-bond donors (Lipinski definition) is 1. The van der Waals surface area contributed by atoms with E-state index in [1.54, 1.807) is 49.3 Å². The Balaban J connectivity index is 1.41. The molecule has 0 saturated carbocycles. The summed E-state index contributed by atoms with van der Waals surface area (Å²) in [5, 5.41) is 0.302. The summed E-state index contributed by atoms with van der Waals surface area (Å²) in [4.78, 5) is 36.5. The third-order valence-electron chi connectivity index (χ3n) is 7.36. The van der Waals surface area contributed by atoms with E-state index in [-0.39, 0.29) is 40.3 Å². The molecule has 1 aliphatic heterocycles. The van der Waals surface area contributed by atoms with Crippen LogP contribution in [0.4, 0.5) is 13.2 Å². The molecule has 0 aliphatic carbocycles. The van der Waals surface area contributed by atoms with Crippen molar-refractivity contribution in [3.63, 3.8) is 0 Å². The summed E-state index contributed by atoms with van der Waals surface area (Å²) in [6, 6.07) is 11.4. The van der Waals surface area contributed by atoms with Crippen LogP contribution in [0.25, 0.3) is 22.4 Å². The summed E-state index contributed by atoms with van der Waals surface area (Å²) in [6.07, 6.45) is -3.69. The van der Waals surface area contributed by atoms with Crippen LogP contribution in [0, 0.1) is 5.92 Å². The quantitative estimate of drug-likeness (QED) is 0.276. The van der Waals surface area contributed by atoms with Gasteiger partial charge in [-0.05, 0) is 68.3 Å². The predicted octanol–water partition coefficient (Wildman–Crippen LogP) is 5.68. The third kappa shape index (κ3) is 5.54. The van der Waals surface area contributed by atoms with Crippen molar-refractivity contribution < 1.29 is 36.7 Å². The second-order valence-corrected chi connectivity index (χ2v) is 10.1. The fraction of sp³-hybridized carbons (Fsp3) is 0.333. The van der Waals surface area contributed by atoms with Gasteiger partial charge in [-0.15, -0.1) is 0 Å². The number of nitrogens with two attached hydrogens (primary N) is 1. The molecule has 5 rings (SSSR count). The molecule has 3 heterocycles. The fourth-order valence-corrected chi connectivity index (χ4v) is 5.10. The average molecular weight is 583 g/mol. The number of nitrogens with zero attached hydrogens (tertiary/aromatic N) is 3. The number of oxazole rings is 1. The van der Waals surface area contributed by atoms with Gasteiger partial charge in [0.15, 0.2) is 17.2 Å². The fourth-order valence-electron chi connectivity index (χ4n) is 5.10. The largest absolute Gasteiger partial charge is 0.497 e. The Morgan fingerprint density at radius 3 is 2.29 bits per heavy atom. The Morgan fingerprint density at radius 1 is 1.00 bits per heavy atom. The van der Waals surface area contributed by atoms with E-state index in [4.69, 9.17) is 19.6 Å². The van der Waals surface area contributed by atoms with Crippen molar-refractivity contribution in [3.8, 4) is 23.0 Å². The van der Waals surface area contributed by atoms with Gasteiger partial charge in [0.25, 0.3) is 5.91 Å². The molecule has 0 spiro atoms. The van der Waals surface area contributed by atoms with Crippen LogP contribution in [-0.2, 0) is 6.18 Å². The normalized spacial score (nSPS) is 15.1. The lowest BCUT2D eigenvalue weighted by Crippen LogP contribution is -2.41. The van der Waals surface area contributed by atoms with Crippen molar-refractivity contribution in [2.75, 3.05) is 27.3 Å². The highest BCUT2D eigenvalue weighted by Crippen LogP contribution is 2.38. The maximum Gasteiger partial charge on any atom is 0.433 e. The first-order valence-corrected chi connectivity index (χ1v) is 13.3. The summed E-state index contributed by atoms with van der Waals surface area (Å²) in [6.45, 7) is 2.31. The zero-order valence-electron chi connectivity index (χ0n) is 23.2. The molecule has 2 N–H and O–H groups in total. The predicted molar refractivity (Wildman–Crippen MR) is 147 cm³/mol. The smallest absolute Gasteiger partial charge is 0.433 e. The van der Waals surface area contributed by atoms with Crippen molar-refractivity contribution in [1.29, 1.82) is 0 Å². The van der Waals surface area contributed by atoms with Crippen LogP contribution in [0.15, 0.2) is 52.9 Å². The van der Waals surface area contributed by atoms with Gasteiger partial charge in [-0.2, -0.15) is 13.2 Å². The summed E-state index contributed by atoms with van der Waals surface area (Å²) < 4.78 is 56.4. The van der Waals surface area contributed by atoms with Gasteiger partial charge in [-0.25, -0.2) is 9.97 Å². The molecule has 42 heavy (non-hydrogen) atoms. The summed E-state index contributed by atoms with van der Waals surface area (Å²) >= 11 is 0. The summed E-state index contributed by atoms with van der Waals surface area (Å²) in [7, 11) is 2.89. The van der Waals surface area contributed by atoms with Crippen LogP contribution in [0.3, 0.4) is 0 Å². The molecule has 1 saturated heterocycles. The van der Waals surface area contributed by atoms with E-state index in [1.807, 2.05) is 0 Å². The van der Waals surface area contributed by atoms with Gasteiger partial charge in [-0.1, -0.05) is 0 Å². The molecule has 0 bridgehead atoms. The Hall–Kier alpha value is -4.45. The number of ketones is 1. The number of hydrogen-bond acceptors (Lipinski definition) is 8. The number of carbonyl (C=O) groups is 2. The minimum Gasteiger partial charge on any atom is -0.497 e. The number of likely N-dealkylation sites (tertiary alicyclic amines) is 1. The number of rotatable bonds is 7. The van der Waals surface area contributed by atoms with E-state index in [0.29, 0.717) is 48.2 Å². The highest BCUT2D eigenvalue weighted by Gasteiger charge is 2.34. The Morgan fingerprint density at radius 2 is 1.69 bits per heavy atom. The lowest BCUT2D eigenvalue weighted by molar-refractivity contribution is -0.140. The van der Waals surface area contributed by atoms with Crippen molar-refractivity contribution in [1.82, 2.24) is 14.9 Å². The number of Topliss-reactive ketones (excluding diaryl/α,β-unsaturated/α-hetero) is 1. The lowest BCUT2D eigenvalue weighted by Gasteiger charge is -2.31. The number of halogens is 3. The Labute approximate surface area is 239 Å². The summed E-state index contributed by atoms with van der Waals surface area (Å²) in [5.74, 6) is 0.347. The molecule has 9 nitrogen and oxygen atoms in total. The number of carbonyl (C=O) groups excluding carboxylic acids is 2. The van der Waals surface area contributed by atoms with Crippen LogP contribution >= 0.6 is 0 Å². The molecule has 1 amide bonds. The van der Waals surface area contributed by atoms with Crippen molar-refractivity contribution in [2.45, 2.75) is 32.0 Å². The number of amides is 1. The molecular weight excluding hydrogens is 553 g/mol. The highest BCUT2D eigenvalue weighted by atomic mass is 19.4. The van der Waals surface area contributed by atoms with E-state index in [1.165, 1.54) is 19.2 Å². The number of ether oxygens (including phenoxy) is 2. The zero-order valence-corrected chi connectivity index (χ0v) is 23.2. The average Bonchev–Trinajstić information content (AvgIpc) is 3.45. The van der Waals surface area contributed by atoms with Crippen molar-refractivity contribution in [2.24, 2.45) is 11.7 Å². The molecule has 12 heteroatoms.